The number of ether oxygens (including phenoxy) is 1. The number of aliphatic hydroxyl groups is 1. The molecule has 0 aromatic heterocycles. The largest absolute Gasteiger partial charge is 0.487 e. The summed E-state index contributed by atoms with van der Waals surface area (Å²) in [5.41, 5.74) is 8.17. The van der Waals surface area contributed by atoms with Crippen molar-refractivity contribution in [1.29, 1.82) is 5.41 Å². The first-order chi connectivity index (χ1) is 13.9. The summed E-state index contributed by atoms with van der Waals surface area (Å²) < 4.78 is 6.01. The normalized spacial score (nSPS) is 19.5. The zero-order chi connectivity index (χ0) is 21.0. The summed E-state index contributed by atoms with van der Waals surface area (Å²) >= 11 is 0. The van der Waals surface area contributed by atoms with E-state index in [4.69, 9.17) is 15.9 Å². The number of amidine groups is 1. The van der Waals surface area contributed by atoms with E-state index in [-0.39, 0.29) is 11.9 Å². The predicted octanol–water partition coefficient (Wildman–Crippen LogP) is 3.06. The van der Waals surface area contributed by atoms with Crippen LogP contribution in [-0.4, -0.2) is 34.2 Å². The van der Waals surface area contributed by atoms with Gasteiger partial charge in [-0.25, -0.2) is 4.79 Å². The zero-order valence-corrected chi connectivity index (χ0v) is 16.4. The number of rotatable bonds is 8. The summed E-state index contributed by atoms with van der Waals surface area (Å²) in [7, 11) is 0. The molecule has 7 nitrogen and oxygen atoms in total. The topological polar surface area (TPSA) is 129 Å². The number of anilines is 1. The molecule has 0 bridgehead atoms. The van der Waals surface area contributed by atoms with E-state index in [1.54, 1.807) is 36.4 Å². The SMILES string of the molecule is CCc1cc(C(Nc2ccc(C(=N)N)cc2)C(=O)O)ccc1OC1CCCC1O. The Morgan fingerprint density at radius 2 is 2.00 bits per heavy atom. The fourth-order valence-corrected chi connectivity index (χ4v) is 3.58. The maximum atomic E-state index is 11.9. The van der Waals surface area contributed by atoms with Crippen LogP contribution in [0.3, 0.4) is 0 Å². The summed E-state index contributed by atoms with van der Waals surface area (Å²) in [5.74, 6) is -0.346. The highest BCUT2D eigenvalue weighted by Crippen LogP contribution is 2.30. The van der Waals surface area contributed by atoms with Crippen molar-refractivity contribution in [2.45, 2.75) is 50.9 Å². The monoisotopic (exact) mass is 397 g/mol. The van der Waals surface area contributed by atoms with E-state index in [2.05, 4.69) is 5.32 Å². The van der Waals surface area contributed by atoms with Gasteiger partial charge >= 0.3 is 5.97 Å². The Kier molecular flexibility index (Phi) is 6.39. The first kappa shape index (κ1) is 20.7. The predicted molar refractivity (Wildman–Crippen MR) is 112 cm³/mol. The standard InChI is InChI=1S/C22H27N3O4/c1-2-13-12-15(8-11-18(13)29-19-5-3-4-17(19)26)20(22(27)28)25-16-9-6-14(7-10-16)21(23)24/h6-12,17,19-20,25-26H,2-5H2,1H3,(H3,23,24)(H,27,28). The lowest BCUT2D eigenvalue weighted by atomic mass is 10.0. The minimum atomic E-state index is -0.998. The molecule has 0 aliphatic heterocycles. The number of nitrogen functional groups attached to an aromatic ring is 1. The smallest absolute Gasteiger partial charge is 0.330 e. The molecule has 0 heterocycles. The lowest BCUT2D eigenvalue weighted by Crippen LogP contribution is -2.26. The quantitative estimate of drug-likeness (QED) is 0.344. The number of carbonyl (C=O) groups is 1. The Labute approximate surface area is 170 Å². The van der Waals surface area contributed by atoms with Crippen molar-refractivity contribution in [3.63, 3.8) is 0 Å². The molecule has 1 fully saturated rings. The van der Waals surface area contributed by atoms with Crippen LogP contribution >= 0.6 is 0 Å². The van der Waals surface area contributed by atoms with Crippen LogP contribution < -0.4 is 15.8 Å². The number of carboxylic acids is 1. The minimum absolute atomic E-state index is 0.0399. The highest BCUT2D eigenvalue weighted by atomic mass is 16.5. The van der Waals surface area contributed by atoms with E-state index >= 15 is 0 Å². The van der Waals surface area contributed by atoms with Crippen molar-refractivity contribution in [3.05, 3.63) is 59.2 Å². The Morgan fingerprint density at radius 1 is 1.28 bits per heavy atom. The summed E-state index contributed by atoms with van der Waals surface area (Å²) in [4.78, 5) is 11.9. The van der Waals surface area contributed by atoms with Gasteiger partial charge in [0, 0.05) is 11.3 Å². The molecule has 3 atom stereocenters. The molecule has 1 saturated carbocycles. The van der Waals surface area contributed by atoms with Gasteiger partial charge in [0.25, 0.3) is 0 Å². The third-order valence-corrected chi connectivity index (χ3v) is 5.25. The van der Waals surface area contributed by atoms with E-state index in [9.17, 15) is 15.0 Å². The molecule has 7 heteroatoms. The second kappa shape index (κ2) is 8.96. The fraction of sp³-hybridized carbons (Fsp3) is 0.364. The summed E-state index contributed by atoms with van der Waals surface area (Å²) in [6, 6.07) is 11.2. The van der Waals surface area contributed by atoms with Crippen LogP contribution in [0.5, 0.6) is 5.75 Å². The van der Waals surface area contributed by atoms with Crippen LogP contribution in [0, 0.1) is 5.41 Å². The maximum Gasteiger partial charge on any atom is 0.330 e. The highest BCUT2D eigenvalue weighted by molar-refractivity contribution is 5.95. The molecule has 1 aliphatic rings. The van der Waals surface area contributed by atoms with E-state index in [0.29, 0.717) is 29.0 Å². The third-order valence-electron chi connectivity index (χ3n) is 5.25. The Balaban J connectivity index is 1.81. The van der Waals surface area contributed by atoms with Crippen molar-refractivity contribution < 1.29 is 19.7 Å². The van der Waals surface area contributed by atoms with Crippen LogP contribution in [0.2, 0.25) is 0 Å². The van der Waals surface area contributed by atoms with E-state index < -0.39 is 18.1 Å². The molecule has 0 spiro atoms. The number of hydrogen-bond donors (Lipinski definition) is 5. The number of aliphatic hydroxyl groups excluding tert-OH is 1. The Morgan fingerprint density at radius 3 is 2.55 bits per heavy atom. The van der Waals surface area contributed by atoms with Crippen molar-refractivity contribution in [2.75, 3.05) is 5.32 Å². The zero-order valence-electron chi connectivity index (χ0n) is 16.4. The van der Waals surface area contributed by atoms with Gasteiger partial charge in [-0.1, -0.05) is 13.0 Å². The van der Waals surface area contributed by atoms with Gasteiger partial charge < -0.3 is 26.0 Å². The van der Waals surface area contributed by atoms with Gasteiger partial charge in [0.2, 0.25) is 0 Å². The molecular formula is C22H27N3O4. The summed E-state index contributed by atoms with van der Waals surface area (Å²) in [6.45, 7) is 1.99. The number of nitrogens with one attached hydrogen (secondary N) is 2. The lowest BCUT2D eigenvalue weighted by Gasteiger charge is -2.22. The van der Waals surface area contributed by atoms with Gasteiger partial charge in [0.05, 0.1) is 6.10 Å². The lowest BCUT2D eigenvalue weighted by molar-refractivity contribution is -0.138. The number of aryl methyl sites for hydroxylation is 1. The van der Waals surface area contributed by atoms with Crippen molar-refractivity contribution in [1.82, 2.24) is 0 Å². The number of hydrogen-bond acceptors (Lipinski definition) is 5. The van der Waals surface area contributed by atoms with Crippen molar-refractivity contribution in [3.8, 4) is 5.75 Å². The maximum absolute atomic E-state index is 11.9. The number of benzene rings is 2. The third kappa shape index (κ3) is 4.86. The molecule has 154 valence electrons. The first-order valence-electron chi connectivity index (χ1n) is 9.80. The molecule has 29 heavy (non-hydrogen) atoms. The van der Waals surface area contributed by atoms with Crippen molar-refractivity contribution >= 4 is 17.5 Å². The molecule has 2 aromatic rings. The average Bonchev–Trinajstić information content (AvgIpc) is 3.11. The molecule has 3 unspecified atom stereocenters. The van der Waals surface area contributed by atoms with Crippen LogP contribution in [-0.2, 0) is 11.2 Å². The van der Waals surface area contributed by atoms with Crippen LogP contribution in [0.25, 0.3) is 0 Å². The number of nitrogens with two attached hydrogens (primary N) is 1. The molecule has 0 saturated heterocycles. The summed E-state index contributed by atoms with van der Waals surface area (Å²) in [6.07, 6.45) is 2.54. The molecule has 1 aliphatic carbocycles. The fourth-order valence-electron chi connectivity index (χ4n) is 3.58. The van der Waals surface area contributed by atoms with Crippen LogP contribution in [0.15, 0.2) is 42.5 Å². The Bertz CT molecular complexity index is 882. The van der Waals surface area contributed by atoms with E-state index in [1.807, 2.05) is 13.0 Å². The number of carboxylic acid groups (broad SMARTS) is 1. The van der Waals surface area contributed by atoms with Gasteiger partial charge in [-0.05, 0) is 73.2 Å². The molecule has 3 rings (SSSR count). The highest BCUT2D eigenvalue weighted by Gasteiger charge is 2.28. The van der Waals surface area contributed by atoms with Gasteiger partial charge in [-0.15, -0.1) is 0 Å². The van der Waals surface area contributed by atoms with Gasteiger partial charge in [0.15, 0.2) is 6.04 Å². The van der Waals surface area contributed by atoms with Gasteiger partial charge in [0.1, 0.15) is 17.7 Å². The molecular weight excluding hydrogens is 370 g/mol. The van der Waals surface area contributed by atoms with E-state index in [1.165, 1.54) is 0 Å². The molecule has 0 radical (unpaired) electrons. The minimum Gasteiger partial charge on any atom is -0.487 e. The average molecular weight is 397 g/mol. The second-order valence-corrected chi connectivity index (χ2v) is 7.28. The summed E-state index contributed by atoms with van der Waals surface area (Å²) in [5, 5.41) is 30.2. The molecule has 2 aromatic carbocycles. The number of aliphatic carboxylic acids is 1. The second-order valence-electron chi connectivity index (χ2n) is 7.28. The van der Waals surface area contributed by atoms with Crippen molar-refractivity contribution in [2.24, 2.45) is 5.73 Å². The van der Waals surface area contributed by atoms with E-state index in [0.717, 1.165) is 24.8 Å². The molecule has 6 N–H and O–H groups in total. The first-order valence-corrected chi connectivity index (χ1v) is 9.80. The Hall–Kier alpha value is -3.06. The van der Waals surface area contributed by atoms with Crippen LogP contribution in [0.1, 0.15) is 48.9 Å². The van der Waals surface area contributed by atoms with Crippen LogP contribution in [0.4, 0.5) is 5.69 Å². The van der Waals surface area contributed by atoms with Gasteiger partial charge in [-0.3, -0.25) is 5.41 Å². The van der Waals surface area contributed by atoms with Gasteiger partial charge in [-0.2, -0.15) is 0 Å². The molecule has 0 amide bonds.